The van der Waals surface area contributed by atoms with Gasteiger partial charge in [-0.05, 0) is 57.0 Å². The average molecular weight is 387 g/mol. The molecule has 0 N–H and O–H groups in total. The molecule has 3 rings (SSSR count). The molecule has 2 aromatic rings. The topological polar surface area (TPSA) is 57.7 Å². The highest BCUT2D eigenvalue weighted by molar-refractivity contribution is 7.89. The second kappa shape index (κ2) is 7.44. The predicted molar refractivity (Wildman–Crippen MR) is 106 cm³/mol. The molecule has 0 unspecified atom stereocenters. The van der Waals surface area contributed by atoms with Crippen LogP contribution in [0.25, 0.3) is 0 Å². The SMILES string of the molecule is Cc1cc(C)cc(C(=O)N2CCN(S(=O)(=O)c3cc(C)ccc3C)CC2)c1. The first kappa shape index (κ1) is 19.6. The average Bonchev–Trinajstić information content (AvgIpc) is 2.62. The molecule has 6 heteroatoms. The van der Waals surface area contributed by atoms with Crippen LogP contribution < -0.4 is 0 Å². The summed E-state index contributed by atoms with van der Waals surface area (Å²) in [7, 11) is -3.55. The first-order chi connectivity index (χ1) is 12.7. The Bertz CT molecular complexity index is 955. The zero-order chi connectivity index (χ0) is 19.8. The lowest BCUT2D eigenvalue weighted by Crippen LogP contribution is -2.50. The van der Waals surface area contributed by atoms with Crippen molar-refractivity contribution >= 4 is 15.9 Å². The Hall–Kier alpha value is -2.18. The summed E-state index contributed by atoms with van der Waals surface area (Å²) >= 11 is 0. The maximum atomic E-state index is 13.0. The summed E-state index contributed by atoms with van der Waals surface area (Å²) in [5.74, 6) is -0.0365. The van der Waals surface area contributed by atoms with Crippen LogP contribution in [0.5, 0.6) is 0 Å². The molecule has 5 nitrogen and oxygen atoms in total. The molecule has 1 aliphatic rings. The van der Waals surface area contributed by atoms with Crippen LogP contribution in [0.1, 0.15) is 32.6 Å². The fourth-order valence-electron chi connectivity index (χ4n) is 3.54. The van der Waals surface area contributed by atoms with E-state index in [1.54, 1.807) is 11.0 Å². The van der Waals surface area contributed by atoms with Crippen molar-refractivity contribution in [1.29, 1.82) is 0 Å². The van der Waals surface area contributed by atoms with Crippen molar-refractivity contribution in [2.24, 2.45) is 0 Å². The first-order valence-electron chi connectivity index (χ1n) is 9.13. The molecule has 1 amide bonds. The van der Waals surface area contributed by atoms with E-state index in [4.69, 9.17) is 0 Å². The summed E-state index contributed by atoms with van der Waals surface area (Å²) in [6.45, 7) is 9.06. The zero-order valence-corrected chi connectivity index (χ0v) is 17.1. The number of carbonyl (C=O) groups excluding carboxylic acids is 1. The second-order valence-corrected chi connectivity index (χ2v) is 9.25. The van der Waals surface area contributed by atoms with Crippen molar-refractivity contribution in [3.05, 3.63) is 64.2 Å². The lowest BCUT2D eigenvalue weighted by Gasteiger charge is -2.34. The van der Waals surface area contributed by atoms with E-state index >= 15 is 0 Å². The summed E-state index contributed by atoms with van der Waals surface area (Å²) in [4.78, 5) is 14.9. The van der Waals surface area contributed by atoms with Crippen LogP contribution in [0.3, 0.4) is 0 Å². The Labute approximate surface area is 161 Å². The maximum absolute atomic E-state index is 13.0. The molecule has 0 atom stereocenters. The number of hydrogen-bond donors (Lipinski definition) is 0. The van der Waals surface area contributed by atoms with E-state index in [2.05, 4.69) is 0 Å². The Balaban J connectivity index is 1.75. The standard InChI is InChI=1S/C21H26N2O3S/c1-15-5-6-18(4)20(14-15)27(25,26)23-9-7-22(8-10-23)21(24)19-12-16(2)11-17(3)13-19/h5-6,11-14H,7-10H2,1-4H3. The van der Waals surface area contributed by atoms with E-state index in [0.717, 1.165) is 22.3 Å². The number of carbonyl (C=O) groups is 1. The fraction of sp³-hybridized carbons (Fsp3) is 0.381. The molecule has 27 heavy (non-hydrogen) atoms. The van der Waals surface area contributed by atoms with Gasteiger partial charge in [0.05, 0.1) is 4.90 Å². The van der Waals surface area contributed by atoms with Crippen LogP contribution in [0.15, 0.2) is 41.3 Å². The minimum absolute atomic E-state index is 0.0365. The molecule has 0 saturated carbocycles. The number of sulfonamides is 1. The van der Waals surface area contributed by atoms with Crippen LogP contribution in [-0.4, -0.2) is 49.7 Å². The van der Waals surface area contributed by atoms with Gasteiger partial charge < -0.3 is 4.90 Å². The fourth-order valence-corrected chi connectivity index (χ4v) is 5.27. The van der Waals surface area contributed by atoms with Gasteiger partial charge in [0.2, 0.25) is 10.0 Å². The van der Waals surface area contributed by atoms with E-state index in [1.165, 1.54) is 4.31 Å². The van der Waals surface area contributed by atoms with Gasteiger partial charge in [-0.15, -0.1) is 0 Å². The third-order valence-corrected chi connectivity index (χ3v) is 7.00. The van der Waals surface area contributed by atoms with E-state index in [0.29, 0.717) is 36.6 Å². The minimum Gasteiger partial charge on any atom is -0.336 e. The van der Waals surface area contributed by atoms with Crippen molar-refractivity contribution in [3.63, 3.8) is 0 Å². The maximum Gasteiger partial charge on any atom is 0.253 e. The van der Waals surface area contributed by atoms with Gasteiger partial charge in [0.1, 0.15) is 0 Å². The van der Waals surface area contributed by atoms with Gasteiger partial charge in [-0.2, -0.15) is 4.31 Å². The van der Waals surface area contributed by atoms with Crippen molar-refractivity contribution in [2.75, 3.05) is 26.2 Å². The van der Waals surface area contributed by atoms with Gasteiger partial charge in [-0.25, -0.2) is 8.42 Å². The van der Waals surface area contributed by atoms with Crippen molar-refractivity contribution in [1.82, 2.24) is 9.21 Å². The normalized spacial score (nSPS) is 15.8. The summed E-state index contributed by atoms with van der Waals surface area (Å²) < 4.78 is 27.5. The molecule has 1 heterocycles. The van der Waals surface area contributed by atoms with Gasteiger partial charge in [0, 0.05) is 31.7 Å². The molecule has 0 bridgehead atoms. The summed E-state index contributed by atoms with van der Waals surface area (Å²) in [5, 5.41) is 0. The quantitative estimate of drug-likeness (QED) is 0.815. The van der Waals surface area contributed by atoms with E-state index in [-0.39, 0.29) is 5.91 Å². The molecular weight excluding hydrogens is 360 g/mol. The molecule has 0 aliphatic carbocycles. The number of benzene rings is 2. The van der Waals surface area contributed by atoms with Gasteiger partial charge in [-0.3, -0.25) is 4.79 Å². The summed E-state index contributed by atoms with van der Waals surface area (Å²) in [6.07, 6.45) is 0. The highest BCUT2D eigenvalue weighted by Gasteiger charge is 2.31. The van der Waals surface area contributed by atoms with E-state index in [9.17, 15) is 13.2 Å². The monoisotopic (exact) mass is 386 g/mol. The second-order valence-electron chi connectivity index (χ2n) is 7.34. The first-order valence-corrected chi connectivity index (χ1v) is 10.6. The number of rotatable bonds is 3. The Morgan fingerprint density at radius 3 is 2.00 bits per heavy atom. The Morgan fingerprint density at radius 2 is 1.41 bits per heavy atom. The predicted octanol–water partition coefficient (Wildman–Crippen LogP) is 3.07. The van der Waals surface area contributed by atoms with E-state index in [1.807, 2.05) is 58.0 Å². The summed E-state index contributed by atoms with van der Waals surface area (Å²) in [5.41, 5.74) is 4.43. The number of hydrogen-bond acceptors (Lipinski definition) is 3. The smallest absolute Gasteiger partial charge is 0.253 e. The van der Waals surface area contributed by atoms with Crippen molar-refractivity contribution < 1.29 is 13.2 Å². The molecule has 0 radical (unpaired) electrons. The molecule has 1 fully saturated rings. The highest BCUT2D eigenvalue weighted by atomic mass is 32.2. The number of aryl methyl sites for hydroxylation is 4. The van der Waals surface area contributed by atoms with Gasteiger partial charge in [0.25, 0.3) is 5.91 Å². The number of piperazine rings is 1. The Morgan fingerprint density at radius 1 is 0.815 bits per heavy atom. The van der Waals surface area contributed by atoms with Crippen LogP contribution in [0.2, 0.25) is 0 Å². The third-order valence-electron chi connectivity index (χ3n) is 4.96. The van der Waals surface area contributed by atoms with Crippen molar-refractivity contribution in [2.45, 2.75) is 32.6 Å². The Kier molecular flexibility index (Phi) is 5.40. The highest BCUT2D eigenvalue weighted by Crippen LogP contribution is 2.23. The van der Waals surface area contributed by atoms with Crippen molar-refractivity contribution in [3.8, 4) is 0 Å². The molecule has 1 saturated heterocycles. The molecule has 2 aromatic carbocycles. The zero-order valence-electron chi connectivity index (χ0n) is 16.3. The molecule has 0 aromatic heterocycles. The van der Waals surface area contributed by atoms with Crippen LogP contribution in [0.4, 0.5) is 0 Å². The molecule has 144 valence electrons. The van der Waals surface area contributed by atoms with Crippen LogP contribution in [0, 0.1) is 27.7 Å². The largest absolute Gasteiger partial charge is 0.336 e. The van der Waals surface area contributed by atoms with Gasteiger partial charge in [0.15, 0.2) is 0 Å². The lowest BCUT2D eigenvalue weighted by atomic mass is 10.1. The number of amides is 1. The number of nitrogens with zero attached hydrogens (tertiary/aromatic N) is 2. The van der Waals surface area contributed by atoms with Gasteiger partial charge >= 0.3 is 0 Å². The van der Waals surface area contributed by atoms with Gasteiger partial charge in [-0.1, -0.05) is 29.3 Å². The summed E-state index contributed by atoms with van der Waals surface area (Å²) in [6, 6.07) is 11.3. The molecular formula is C21H26N2O3S. The van der Waals surface area contributed by atoms with Crippen LogP contribution in [-0.2, 0) is 10.0 Å². The lowest BCUT2D eigenvalue weighted by molar-refractivity contribution is 0.0697. The molecule has 1 aliphatic heterocycles. The molecule has 0 spiro atoms. The minimum atomic E-state index is -3.55. The third kappa shape index (κ3) is 4.06. The van der Waals surface area contributed by atoms with E-state index < -0.39 is 10.0 Å². The van der Waals surface area contributed by atoms with Crippen LogP contribution >= 0.6 is 0 Å².